The fourth-order valence-electron chi connectivity index (χ4n) is 4.03. The number of nitrogens with one attached hydrogen (secondary N) is 1. The van der Waals surface area contributed by atoms with Gasteiger partial charge in [-0.3, -0.25) is 0 Å². The molecule has 1 aromatic heterocycles. The quantitative estimate of drug-likeness (QED) is 0.890. The standard InChI is InChI=1S/C18H25N3O2/c1-2-20(21-11-15-7-6-14(21)12-23-15)9-8-13-10-19-16-4-3-5-17(22)18(13)16/h3-5,10,14-15,19,22H,2,6-9,11-12H2,1H3/t14-,15-/m1/s1. The van der Waals surface area contributed by atoms with Gasteiger partial charge in [-0.1, -0.05) is 13.0 Å². The van der Waals surface area contributed by atoms with Gasteiger partial charge in [-0.2, -0.15) is 0 Å². The van der Waals surface area contributed by atoms with Crippen LogP contribution in [0.3, 0.4) is 0 Å². The zero-order valence-corrected chi connectivity index (χ0v) is 13.7. The molecule has 3 aliphatic rings. The van der Waals surface area contributed by atoms with Crippen molar-refractivity contribution in [3.63, 3.8) is 0 Å². The summed E-state index contributed by atoms with van der Waals surface area (Å²) in [7, 11) is 0. The summed E-state index contributed by atoms with van der Waals surface area (Å²) in [5.41, 5.74) is 2.20. The molecule has 1 aromatic carbocycles. The monoisotopic (exact) mass is 315 g/mol. The van der Waals surface area contributed by atoms with Crippen LogP contribution in [-0.2, 0) is 11.2 Å². The molecule has 0 radical (unpaired) electrons. The zero-order chi connectivity index (χ0) is 15.8. The number of rotatable bonds is 5. The van der Waals surface area contributed by atoms with E-state index < -0.39 is 0 Å². The minimum Gasteiger partial charge on any atom is -0.507 e. The van der Waals surface area contributed by atoms with Crippen molar-refractivity contribution >= 4 is 10.9 Å². The molecule has 0 spiro atoms. The van der Waals surface area contributed by atoms with Gasteiger partial charge in [-0.15, -0.1) is 0 Å². The number of morpholine rings is 1. The van der Waals surface area contributed by atoms with E-state index in [2.05, 4.69) is 21.9 Å². The molecule has 0 amide bonds. The van der Waals surface area contributed by atoms with E-state index in [9.17, 15) is 5.11 Å². The smallest absolute Gasteiger partial charge is 0.125 e. The normalized spacial score (nSPS) is 24.8. The number of likely N-dealkylation sites (N-methyl/N-ethyl adjacent to an activating group) is 1. The number of nitrogens with zero attached hydrogens (tertiary/aromatic N) is 2. The number of piperidine rings is 1. The van der Waals surface area contributed by atoms with Crippen LogP contribution in [0, 0.1) is 0 Å². The van der Waals surface area contributed by atoms with Gasteiger partial charge in [0, 0.05) is 42.8 Å². The number of aromatic nitrogens is 1. The van der Waals surface area contributed by atoms with Gasteiger partial charge in [0.05, 0.1) is 12.7 Å². The first-order chi connectivity index (χ1) is 11.3. The number of H-pyrrole nitrogens is 1. The largest absolute Gasteiger partial charge is 0.507 e. The van der Waals surface area contributed by atoms with Crippen molar-refractivity contribution in [1.29, 1.82) is 0 Å². The van der Waals surface area contributed by atoms with Crippen LogP contribution in [0.15, 0.2) is 24.4 Å². The molecular weight excluding hydrogens is 290 g/mol. The maximum atomic E-state index is 10.1. The number of hydrogen-bond acceptors (Lipinski definition) is 4. The second-order valence-electron chi connectivity index (χ2n) is 6.62. The number of benzene rings is 1. The molecule has 0 aliphatic carbocycles. The molecule has 124 valence electrons. The van der Waals surface area contributed by atoms with E-state index in [0.717, 1.165) is 43.6 Å². The van der Waals surface area contributed by atoms with Crippen molar-refractivity contribution in [3.05, 3.63) is 30.0 Å². The van der Waals surface area contributed by atoms with E-state index in [0.29, 0.717) is 17.9 Å². The van der Waals surface area contributed by atoms with Crippen LogP contribution in [0.5, 0.6) is 5.75 Å². The lowest BCUT2D eigenvalue weighted by molar-refractivity contribution is -0.186. The van der Waals surface area contributed by atoms with E-state index in [-0.39, 0.29) is 0 Å². The molecule has 0 unspecified atom stereocenters. The first-order valence-electron chi connectivity index (χ1n) is 8.67. The Kier molecular flexibility index (Phi) is 4.01. The maximum Gasteiger partial charge on any atom is 0.125 e. The van der Waals surface area contributed by atoms with Gasteiger partial charge in [0.2, 0.25) is 0 Å². The lowest BCUT2D eigenvalue weighted by Crippen LogP contribution is -2.61. The molecule has 0 saturated carbocycles. The minimum atomic E-state index is 0.368. The summed E-state index contributed by atoms with van der Waals surface area (Å²) in [4.78, 5) is 3.27. The van der Waals surface area contributed by atoms with Crippen molar-refractivity contribution < 1.29 is 9.84 Å². The predicted molar refractivity (Wildman–Crippen MR) is 90.4 cm³/mol. The number of hydrazine groups is 1. The molecule has 2 N–H and O–H groups in total. The average molecular weight is 315 g/mol. The predicted octanol–water partition coefficient (Wildman–Crippen LogP) is 2.52. The molecule has 3 fully saturated rings. The van der Waals surface area contributed by atoms with Crippen LogP contribution < -0.4 is 0 Å². The second-order valence-corrected chi connectivity index (χ2v) is 6.62. The lowest BCUT2D eigenvalue weighted by atomic mass is 9.98. The summed E-state index contributed by atoms with van der Waals surface area (Å²) < 4.78 is 5.82. The zero-order valence-electron chi connectivity index (χ0n) is 13.7. The van der Waals surface area contributed by atoms with Gasteiger partial charge in [0.1, 0.15) is 5.75 Å². The number of phenols is 1. The average Bonchev–Trinajstić information content (AvgIpc) is 3.01. The van der Waals surface area contributed by atoms with Gasteiger partial charge in [-0.25, -0.2) is 10.0 Å². The molecule has 2 atom stereocenters. The molecule has 5 nitrogen and oxygen atoms in total. The van der Waals surface area contributed by atoms with Crippen LogP contribution in [-0.4, -0.2) is 58.5 Å². The Morgan fingerprint density at radius 1 is 1.39 bits per heavy atom. The molecular formula is C18H25N3O2. The molecule has 5 rings (SSSR count). The molecule has 3 saturated heterocycles. The first kappa shape index (κ1) is 15.0. The van der Waals surface area contributed by atoms with Gasteiger partial charge < -0.3 is 14.8 Å². The van der Waals surface area contributed by atoms with Crippen LogP contribution >= 0.6 is 0 Å². The van der Waals surface area contributed by atoms with Crippen molar-refractivity contribution in [1.82, 2.24) is 15.0 Å². The van der Waals surface area contributed by atoms with E-state index >= 15 is 0 Å². The Hall–Kier alpha value is -1.56. The van der Waals surface area contributed by atoms with E-state index in [1.807, 2.05) is 18.3 Å². The van der Waals surface area contributed by atoms with Gasteiger partial charge in [0.25, 0.3) is 0 Å². The highest BCUT2D eigenvalue weighted by Gasteiger charge is 2.37. The highest BCUT2D eigenvalue weighted by Crippen LogP contribution is 2.30. The van der Waals surface area contributed by atoms with Crippen molar-refractivity contribution in [2.45, 2.75) is 38.3 Å². The summed E-state index contributed by atoms with van der Waals surface area (Å²) in [5, 5.41) is 16.1. The van der Waals surface area contributed by atoms with Gasteiger partial charge >= 0.3 is 0 Å². The van der Waals surface area contributed by atoms with Crippen molar-refractivity contribution in [2.75, 3.05) is 26.2 Å². The number of ether oxygens (including phenoxy) is 1. The van der Waals surface area contributed by atoms with Crippen LogP contribution in [0.4, 0.5) is 0 Å². The summed E-state index contributed by atoms with van der Waals surface area (Å²) >= 11 is 0. The van der Waals surface area contributed by atoms with Crippen molar-refractivity contribution in [2.24, 2.45) is 0 Å². The second kappa shape index (κ2) is 6.15. The number of aromatic amines is 1. The van der Waals surface area contributed by atoms with Gasteiger partial charge in [0.15, 0.2) is 0 Å². The van der Waals surface area contributed by atoms with Crippen molar-refractivity contribution in [3.8, 4) is 5.75 Å². The SMILES string of the molecule is CCN(CCc1c[nH]c2cccc(O)c12)N1C[C@H]2CC[C@@H]1CO2. The number of phenolic OH excluding ortho intramolecular Hbond substituents is 1. The number of fused-ring (bicyclic) bond motifs is 4. The number of aromatic hydroxyl groups is 1. The Morgan fingerprint density at radius 3 is 3.00 bits per heavy atom. The van der Waals surface area contributed by atoms with Gasteiger partial charge in [-0.05, 0) is 37.0 Å². The van der Waals surface area contributed by atoms with E-state index in [4.69, 9.17) is 4.74 Å². The lowest BCUT2D eigenvalue weighted by Gasteiger charge is -2.49. The molecule has 5 heteroatoms. The topological polar surface area (TPSA) is 51.7 Å². The maximum absolute atomic E-state index is 10.1. The van der Waals surface area contributed by atoms with Crippen LogP contribution in [0.25, 0.3) is 10.9 Å². The Bertz CT molecular complexity index is 676. The third kappa shape index (κ3) is 2.73. The summed E-state index contributed by atoms with van der Waals surface area (Å²) in [6, 6.07) is 6.19. The molecule has 2 bridgehead atoms. The Morgan fingerprint density at radius 2 is 2.30 bits per heavy atom. The highest BCUT2D eigenvalue weighted by molar-refractivity contribution is 5.88. The Balaban J connectivity index is 1.48. The summed E-state index contributed by atoms with van der Waals surface area (Å²) in [6.45, 7) is 6.10. The highest BCUT2D eigenvalue weighted by atomic mass is 16.5. The van der Waals surface area contributed by atoms with Crippen LogP contribution in [0.2, 0.25) is 0 Å². The van der Waals surface area contributed by atoms with E-state index in [1.54, 1.807) is 6.07 Å². The fraction of sp³-hybridized carbons (Fsp3) is 0.556. The Labute approximate surface area is 136 Å². The summed E-state index contributed by atoms with van der Waals surface area (Å²) in [5.74, 6) is 0.368. The molecule has 4 heterocycles. The molecule has 3 aliphatic heterocycles. The third-order valence-electron chi connectivity index (χ3n) is 5.29. The van der Waals surface area contributed by atoms with E-state index in [1.165, 1.54) is 18.4 Å². The molecule has 23 heavy (non-hydrogen) atoms. The fourth-order valence-corrected chi connectivity index (χ4v) is 4.03. The molecule has 2 aromatic rings. The minimum absolute atomic E-state index is 0.368. The third-order valence-corrected chi connectivity index (χ3v) is 5.29. The number of hydrogen-bond donors (Lipinski definition) is 2. The van der Waals surface area contributed by atoms with Crippen LogP contribution in [0.1, 0.15) is 25.3 Å². The first-order valence-corrected chi connectivity index (χ1v) is 8.67. The summed E-state index contributed by atoms with van der Waals surface area (Å²) in [6.07, 6.45) is 5.82.